The van der Waals surface area contributed by atoms with Crippen molar-refractivity contribution >= 4 is 29.1 Å². The number of nitrogens with one attached hydrogen (secondary N) is 3. The van der Waals surface area contributed by atoms with Crippen LogP contribution >= 0.6 is 0 Å². The van der Waals surface area contributed by atoms with Crippen LogP contribution in [0.2, 0.25) is 0 Å². The fraction of sp³-hybridized carbons (Fsp3) is 0.316. The Bertz CT molecular complexity index is 847. The number of benzene rings is 1. The van der Waals surface area contributed by atoms with Crippen molar-refractivity contribution in [3.63, 3.8) is 0 Å². The van der Waals surface area contributed by atoms with Crippen molar-refractivity contribution in [2.75, 3.05) is 17.2 Å². The van der Waals surface area contributed by atoms with Crippen LogP contribution in [0.4, 0.5) is 15.8 Å². The molecule has 0 saturated carbocycles. The molecule has 0 bridgehead atoms. The number of halogens is 1. The Morgan fingerprint density at radius 1 is 1.19 bits per heavy atom. The van der Waals surface area contributed by atoms with Crippen molar-refractivity contribution < 1.29 is 23.2 Å². The van der Waals surface area contributed by atoms with Gasteiger partial charge in [-0.05, 0) is 37.6 Å². The summed E-state index contributed by atoms with van der Waals surface area (Å²) in [5.41, 5.74) is 0.497. The summed E-state index contributed by atoms with van der Waals surface area (Å²) in [6.07, 6.45) is 2.04. The van der Waals surface area contributed by atoms with E-state index in [4.69, 9.17) is 4.42 Å². The minimum Gasteiger partial charge on any atom is -0.469 e. The van der Waals surface area contributed by atoms with E-state index in [1.165, 1.54) is 24.5 Å². The average Bonchev–Trinajstić information content (AvgIpc) is 3.07. The quantitative estimate of drug-likeness (QED) is 0.692. The van der Waals surface area contributed by atoms with Crippen molar-refractivity contribution in [1.29, 1.82) is 0 Å². The number of furan rings is 1. The first-order valence-electron chi connectivity index (χ1n) is 8.54. The Kier molecular flexibility index (Phi) is 6.70. The van der Waals surface area contributed by atoms with Crippen LogP contribution in [0, 0.1) is 18.7 Å². The van der Waals surface area contributed by atoms with E-state index in [2.05, 4.69) is 16.0 Å². The van der Waals surface area contributed by atoms with E-state index < -0.39 is 17.6 Å². The highest BCUT2D eigenvalue weighted by molar-refractivity contribution is 6.05. The Balaban J connectivity index is 2.00. The molecule has 1 aromatic heterocycles. The molecule has 1 heterocycles. The minimum atomic E-state index is -0.646. The van der Waals surface area contributed by atoms with Crippen LogP contribution in [0.5, 0.6) is 0 Å². The van der Waals surface area contributed by atoms with Gasteiger partial charge in [0, 0.05) is 11.6 Å². The highest BCUT2D eigenvalue weighted by Crippen LogP contribution is 2.21. The van der Waals surface area contributed by atoms with Gasteiger partial charge in [0.1, 0.15) is 11.6 Å². The van der Waals surface area contributed by atoms with Crippen LogP contribution in [-0.2, 0) is 9.59 Å². The molecule has 1 unspecified atom stereocenters. The Morgan fingerprint density at radius 2 is 1.93 bits per heavy atom. The van der Waals surface area contributed by atoms with Crippen molar-refractivity contribution in [2.45, 2.75) is 27.2 Å². The second-order valence-electron chi connectivity index (χ2n) is 6.11. The van der Waals surface area contributed by atoms with Crippen LogP contribution in [0.25, 0.3) is 0 Å². The molecular weight excluding hydrogens is 353 g/mol. The molecule has 0 radical (unpaired) electrons. The average molecular weight is 375 g/mol. The van der Waals surface area contributed by atoms with Gasteiger partial charge in [-0.25, -0.2) is 4.39 Å². The SMILES string of the molecule is CCC(C)C(=O)NCC(=O)Nc1ccc(F)c(NC(=O)c2ccoc2C)c1. The molecule has 8 heteroatoms. The molecule has 0 aliphatic rings. The lowest BCUT2D eigenvalue weighted by Crippen LogP contribution is -2.35. The zero-order valence-electron chi connectivity index (χ0n) is 15.4. The predicted octanol–water partition coefficient (Wildman–Crippen LogP) is 3.08. The molecule has 2 rings (SSSR count). The second kappa shape index (κ2) is 8.98. The molecule has 0 aliphatic heterocycles. The minimum absolute atomic E-state index is 0.0814. The summed E-state index contributed by atoms with van der Waals surface area (Å²) in [4.78, 5) is 35.8. The molecule has 3 N–H and O–H groups in total. The second-order valence-corrected chi connectivity index (χ2v) is 6.11. The van der Waals surface area contributed by atoms with E-state index in [1.54, 1.807) is 13.8 Å². The van der Waals surface area contributed by atoms with Gasteiger partial charge in [0.15, 0.2) is 0 Å². The first-order valence-corrected chi connectivity index (χ1v) is 8.54. The number of hydrogen-bond donors (Lipinski definition) is 3. The van der Waals surface area contributed by atoms with Gasteiger partial charge in [0.25, 0.3) is 5.91 Å². The number of carbonyl (C=O) groups excluding carboxylic acids is 3. The largest absolute Gasteiger partial charge is 0.469 e. The maximum absolute atomic E-state index is 14.0. The lowest BCUT2D eigenvalue weighted by atomic mass is 10.1. The first-order chi connectivity index (χ1) is 12.8. The van der Waals surface area contributed by atoms with E-state index in [-0.39, 0.29) is 29.6 Å². The van der Waals surface area contributed by atoms with Crippen LogP contribution in [0.3, 0.4) is 0 Å². The summed E-state index contributed by atoms with van der Waals surface area (Å²) in [5, 5.41) is 7.53. The standard InChI is InChI=1S/C19H22FN3O4/c1-4-11(2)18(25)21-10-17(24)22-13-5-6-15(20)16(9-13)23-19(26)14-7-8-27-12(14)3/h5-9,11H,4,10H2,1-3H3,(H,21,25)(H,22,24)(H,23,26). The maximum Gasteiger partial charge on any atom is 0.259 e. The molecule has 0 spiro atoms. The van der Waals surface area contributed by atoms with E-state index >= 15 is 0 Å². The number of rotatable bonds is 7. The molecule has 1 aromatic carbocycles. The molecule has 144 valence electrons. The summed E-state index contributed by atoms with van der Waals surface area (Å²) < 4.78 is 19.0. The molecule has 0 fully saturated rings. The van der Waals surface area contributed by atoms with Gasteiger partial charge in [-0.15, -0.1) is 0 Å². The summed E-state index contributed by atoms with van der Waals surface area (Å²) in [6, 6.07) is 5.28. The number of carbonyl (C=O) groups is 3. The lowest BCUT2D eigenvalue weighted by molar-refractivity contribution is -0.126. The van der Waals surface area contributed by atoms with Gasteiger partial charge in [0.05, 0.1) is 24.1 Å². The summed E-state index contributed by atoms with van der Waals surface area (Å²) >= 11 is 0. The normalized spacial score (nSPS) is 11.6. The van der Waals surface area contributed by atoms with Crippen molar-refractivity contribution in [3.8, 4) is 0 Å². The lowest BCUT2D eigenvalue weighted by Gasteiger charge is -2.12. The molecular formula is C19H22FN3O4. The van der Waals surface area contributed by atoms with E-state index in [9.17, 15) is 18.8 Å². The number of hydrogen-bond acceptors (Lipinski definition) is 4. The third-order valence-electron chi connectivity index (χ3n) is 4.08. The van der Waals surface area contributed by atoms with Crippen LogP contribution in [0.15, 0.2) is 34.9 Å². The molecule has 27 heavy (non-hydrogen) atoms. The van der Waals surface area contributed by atoms with Gasteiger partial charge >= 0.3 is 0 Å². The molecule has 0 saturated heterocycles. The Hall–Kier alpha value is -3.16. The third kappa shape index (κ3) is 5.40. The number of aryl methyl sites for hydroxylation is 1. The van der Waals surface area contributed by atoms with Crippen LogP contribution < -0.4 is 16.0 Å². The molecule has 1 atom stereocenters. The van der Waals surface area contributed by atoms with Gasteiger partial charge in [-0.3, -0.25) is 14.4 Å². The molecule has 3 amide bonds. The Labute approximate surface area is 156 Å². The maximum atomic E-state index is 14.0. The van der Waals surface area contributed by atoms with Gasteiger partial charge in [-0.1, -0.05) is 13.8 Å². The first kappa shape index (κ1) is 20.2. The number of amides is 3. The van der Waals surface area contributed by atoms with E-state index in [0.717, 1.165) is 6.07 Å². The third-order valence-corrected chi connectivity index (χ3v) is 4.08. The van der Waals surface area contributed by atoms with Crippen LogP contribution in [-0.4, -0.2) is 24.3 Å². The fourth-order valence-electron chi connectivity index (χ4n) is 2.24. The molecule has 7 nitrogen and oxygen atoms in total. The fourth-order valence-corrected chi connectivity index (χ4v) is 2.24. The van der Waals surface area contributed by atoms with E-state index in [1.807, 2.05) is 6.92 Å². The topological polar surface area (TPSA) is 100 Å². The molecule has 0 aliphatic carbocycles. The monoisotopic (exact) mass is 375 g/mol. The zero-order chi connectivity index (χ0) is 20.0. The van der Waals surface area contributed by atoms with Crippen LogP contribution in [0.1, 0.15) is 36.4 Å². The Morgan fingerprint density at radius 3 is 2.56 bits per heavy atom. The van der Waals surface area contributed by atoms with E-state index in [0.29, 0.717) is 17.9 Å². The van der Waals surface area contributed by atoms with Gasteiger partial charge in [-0.2, -0.15) is 0 Å². The summed E-state index contributed by atoms with van der Waals surface area (Å²) in [7, 11) is 0. The predicted molar refractivity (Wildman–Crippen MR) is 98.9 cm³/mol. The van der Waals surface area contributed by atoms with Crippen molar-refractivity contribution in [2.24, 2.45) is 5.92 Å². The van der Waals surface area contributed by atoms with Gasteiger partial charge < -0.3 is 20.4 Å². The van der Waals surface area contributed by atoms with Gasteiger partial charge in [0.2, 0.25) is 11.8 Å². The van der Waals surface area contributed by atoms with Crippen molar-refractivity contribution in [1.82, 2.24) is 5.32 Å². The summed E-state index contributed by atoms with van der Waals surface area (Å²) in [6.45, 7) is 5.07. The molecule has 2 aromatic rings. The summed E-state index contributed by atoms with van der Waals surface area (Å²) in [5.74, 6) is -1.61. The smallest absolute Gasteiger partial charge is 0.259 e. The zero-order valence-corrected chi connectivity index (χ0v) is 15.4. The highest BCUT2D eigenvalue weighted by atomic mass is 19.1. The highest BCUT2D eigenvalue weighted by Gasteiger charge is 2.15. The number of anilines is 2. The van der Waals surface area contributed by atoms with Crippen molar-refractivity contribution in [3.05, 3.63) is 47.7 Å².